The van der Waals surface area contributed by atoms with Gasteiger partial charge in [-0.1, -0.05) is 12.1 Å². The van der Waals surface area contributed by atoms with Crippen molar-refractivity contribution in [2.24, 2.45) is 0 Å². The van der Waals surface area contributed by atoms with E-state index in [-0.39, 0.29) is 11.9 Å². The molecular formula is C13H18FN. The second-order valence-corrected chi connectivity index (χ2v) is 3.89. The summed E-state index contributed by atoms with van der Waals surface area (Å²) in [5.41, 5.74) is 1.65. The zero-order valence-electron chi connectivity index (χ0n) is 9.39. The molecule has 0 radical (unpaired) electrons. The molecule has 1 aromatic carbocycles. The maximum Gasteiger partial charge on any atom is 0.146 e. The van der Waals surface area contributed by atoms with Crippen molar-refractivity contribution in [3.8, 4) is 0 Å². The van der Waals surface area contributed by atoms with Crippen LogP contribution in [0.3, 0.4) is 0 Å². The number of allylic oxidation sites excluding steroid dienone is 1. The Labute approximate surface area is 91.0 Å². The van der Waals surface area contributed by atoms with E-state index in [0.717, 1.165) is 18.4 Å². The minimum Gasteiger partial charge on any atom is -0.380 e. The van der Waals surface area contributed by atoms with E-state index in [0.29, 0.717) is 5.69 Å². The van der Waals surface area contributed by atoms with Crippen molar-refractivity contribution in [1.82, 2.24) is 0 Å². The maximum atomic E-state index is 13.4. The van der Waals surface area contributed by atoms with Crippen molar-refractivity contribution in [2.45, 2.75) is 32.7 Å². The third kappa shape index (κ3) is 3.74. The largest absolute Gasteiger partial charge is 0.380 e. The quantitative estimate of drug-likeness (QED) is 0.722. The summed E-state index contributed by atoms with van der Waals surface area (Å²) < 4.78 is 13.4. The molecule has 0 aliphatic heterocycles. The highest BCUT2D eigenvalue weighted by molar-refractivity contribution is 5.47. The topological polar surface area (TPSA) is 12.0 Å². The Kier molecular flexibility index (Phi) is 4.35. The van der Waals surface area contributed by atoms with Gasteiger partial charge in [0.05, 0.1) is 5.69 Å². The van der Waals surface area contributed by atoms with Crippen LogP contribution in [0.15, 0.2) is 30.9 Å². The van der Waals surface area contributed by atoms with Gasteiger partial charge in [0, 0.05) is 6.04 Å². The molecule has 15 heavy (non-hydrogen) atoms. The summed E-state index contributed by atoms with van der Waals surface area (Å²) in [4.78, 5) is 0. The molecule has 0 fully saturated rings. The molecule has 0 bridgehead atoms. The number of aryl methyl sites for hydroxylation is 1. The van der Waals surface area contributed by atoms with Crippen LogP contribution in [0.25, 0.3) is 0 Å². The van der Waals surface area contributed by atoms with Gasteiger partial charge in [-0.05, 0) is 44.4 Å². The molecule has 0 spiro atoms. The van der Waals surface area contributed by atoms with Gasteiger partial charge in [0.1, 0.15) is 5.82 Å². The van der Waals surface area contributed by atoms with Crippen molar-refractivity contribution < 1.29 is 4.39 Å². The van der Waals surface area contributed by atoms with Crippen LogP contribution < -0.4 is 5.32 Å². The Bertz CT molecular complexity index is 333. The molecular weight excluding hydrogens is 189 g/mol. The molecule has 82 valence electrons. The molecule has 1 N–H and O–H groups in total. The molecule has 0 aromatic heterocycles. The number of hydrogen-bond donors (Lipinski definition) is 1. The Morgan fingerprint density at radius 2 is 2.27 bits per heavy atom. The summed E-state index contributed by atoms with van der Waals surface area (Å²) in [6.45, 7) is 7.67. The van der Waals surface area contributed by atoms with Gasteiger partial charge in [-0.25, -0.2) is 4.39 Å². The third-order valence-electron chi connectivity index (χ3n) is 2.33. The summed E-state index contributed by atoms with van der Waals surface area (Å²) in [5, 5.41) is 3.16. The first kappa shape index (κ1) is 11.8. The fourth-order valence-corrected chi connectivity index (χ4v) is 1.46. The van der Waals surface area contributed by atoms with Crippen molar-refractivity contribution in [1.29, 1.82) is 0 Å². The normalized spacial score (nSPS) is 12.2. The van der Waals surface area contributed by atoms with Crippen LogP contribution in [0.1, 0.15) is 25.3 Å². The first-order valence-corrected chi connectivity index (χ1v) is 5.27. The second kappa shape index (κ2) is 5.54. The third-order valence-corrected chi connectivity index (χ3v) is 2.33. The average Bonchev–Trinajstić information content (AvgIpc) is 2.20. The predicted molar refractivity (Wildman–Crippen MR) is 63.7 cm³/mol. The zero-order valence-corrected chi connectivity index (χ0v) is 9.39. The van der Waals surface area contributed by atoms with E-state index in [4.69, 9.17) is 0 Å². The number of nitrogens with one attached hydrogen (secondary N) is 1. The Morgan fingerprint density at radius 3 is 2.93 bits per heavy atom. The molecule has 0 aliphatic rings. The van der Waals surface area contributed by atoms with Gasteiger partial charge in [-0.2, -0.15) is 0 Å². The highest BCUT2D eigenvalue weighted by atomic mass is 19.1. The summed E-state index contributed by atoms with van der Waals surface area (Å²) >= 11 is 0. The number of benzene rings is 1. The van der Waals surface area contributed by atoms with Gasteiger partial charge >= 0.3 is 0 Å². The monoisotopic (exact) mass is 207 g/mol. The standard InChI is InChI=1S/C13H18FN/c1-4-5-6-11(3)15-13-9-10(2)7-8-12(13)14/h4,7-9,11,15H,1,5-6H2,2-3H3. The lowest BCUT2D eigenvalue weighted by molar-refractivity contribution is 0.622. The van der Waals surface area contributed by atoms with E-state index >= 15 is 0 Å². The first-order valence-electron chi connectivity index (χ1n) is 5.27. The van der Waals surface area contributed by atoms with Crippen LogP contribution in [0, 0.1) is 12.7 Å². The lowest BCUT2D eigenvalue weighted by atomic mass is 10.1. The van der Waals surface area contributed by atoms with Gasteiger partial charge in [0.2, 0.25) is 0 Å². The summed E-state index contributed by atoms with van der Waals surface area (Å²) in [5.74, 6) is -0.189. The molecule has 1 aromatic rings. The number of rotatable bonds is 5. The van der Waals surface area contributed by atoms with Crippen LogP contribution in [0.5, 0.6) is 0 Å². The van der Waals surface area contributed by atoms with Crippen LogP contribution in [-0.4, -0.2) is 6.04 Å². The molecule has 2 heteroatoms. The Hall–Kier alpha value is -1.31. The molecule has 0 aliphatic carbocycles. The van der Waals surface area contributed by atoms with Gasteiger partial charge < -0.3 is 5.32 Å². The van der Waals surface area contributed by atoms with Crippen LogP contribution in [0.2, 0.25) is 0 Å². The highest BCUT2D eigenvalue weighted by Gasteiger charge is 2.05. The van der Waals surface area contributed by atoms with Gasteiger partial charge in [0.25, 0.3) is 0 Å². The van der Waals surface area contributed by atoms with E-state index in [1.165, 1.54) is 6.07 Å². The van der Waals surface area contributed by atoms with Crippen molar-refractivity contribution in [2.75, 3.05) is 5.32 Å². The lowest BCUT2D eigenvalue weighted by Gasteiger charge is -2.15. The molecule has 0 saturated carbocycles. The fourth-order valence-electron chi connectivity index (χ4n) is 1.46. The molecule has 1 nitrogen and oxygen atoms in total. The lowest BCUT2D eigenvalue weighted by Crippen LogP contribution is -2.15. The average molecular weight is 207 g/mol. The summed E-state index contributed by atoms with van der Waals surface area (Å²) in [7, 11) is 0. The van der Waals surface area contributed by atoms with Crippen LogP contribution >= 0.6 is 0 Å². The summed E-state index contributed by atoms with van der Waals surface area (Å²) in [6.07, 6.45) is 3.79. The maximum absolute atomic E-state index is 13.4. The molecule has 0 saturated heterocycles. The minimum absolute atomic E-state index is 0.189. The van der Waals surface area contributed by atoms with E-state index in [1.54, 1.807) is 6.07 Å². The van der Waals surface area contributed by atoms with Crippen molar-refractivity contribution in [3.05, 3.63) is 42.2 Å². The SMILES string of the molecule is C=CCCC(C)Nc1cc(C)ccc1F. The number of anilines is 1. The van der Waals surface area contributed by atoms with Gasteiger partial charge in [0.15, 0.2) is 0 Å². The van der Waals surface area contributed by atoms with E-state index in [9.17, 15) is 4.39 Å². The van der Waals surface area contributed by atoms with Crippen molar-refractivity contribution >= 4 is 5.69 Å². The minimum atomic E-state index is -0.189. The molecule has 1 rings (SSSR count). The Morgan fingerprint density at radius 1 is 1.53 bits per heavy atom. The molecule has 1 atom stereocenters. The van der Waals surface area contributed by atoms with E-state index < -0.39 is 0 Å². The summed E-state index contributed by atoms with van der Waals surface area (Å²) in [6, 6.07) is 5.37. The zero-order chi connectivity index (χ0) is 11.3. The van der Waals surface area contributed by atoms with Gasteiger partial charge in [-0.3, -0.25) is 0 Å². The van der Waals surface area contributed by atoms with Crippen molar-refractivity contribution in [3.63, 3.8) is 0 Å². The molecule has 0 amide bonds. The smallest absolute Gasteiger partial charge is 0.146 e. The van der Waals surface area contributed by atoms with Crippen LogP contribution in [0.4, 0.5) is 10.1 Å². The fraction of sp³-hybridized carbons (Fsp3) is 0.385. The Balaban J connectivity index is 2.62. The highest BCUT2D eigenvalue weighted by Crippen LogP contribution is 2.17. The number of hydrogen-bond acceptors (Lipinski definition) is 1. The number of halogens is 1. The molecule has 1 unspecified atom stereocenters. The first-order chi connectivity index (χ1) is 7.13. The second-order valence-electron chi connectivity index (χ2n) is 3.89. The van der Waals surface area contributed by atoms with Crippen LogP contribution in [-0.2, 0) is 0 Å². The predicted octanol–water partition coefficient (Wildman–Crippen LogP) is 3.90. The molecule has 0 heterocycles. The van der Waals surface area contributed by atoms with E-state index in [2.05, 4.69) is 11.9 Å². The van der Waals surface area contributed by atoms with Gasteiger partial charge in [-0.15, -0.1) is 6.58 Å². The van der Waals surface area contributed by atoms with E-state index in [1.807, 2.05) is 26.0 Å².